The Balaban J connectivity index is 1.29. The second kappa shape index (κ2) is 10.9. The molecule has 1 aliphatic heterocycles. The molecular weight excluding hydrogens is 514 g/mol. The van der Waals surface area contributed by atoms with E-state index in [0.29, 0.717) is 32.3 Å². The lowest BCUT2D eigenvalue weighted by Crippen LogP contribution is -2.46. The number of ether oxygens (including phenoxy) is 2. The molecule has 5 rings (SSSR count). The number of amides is 3. The monoisotopic (exact) mass is 535 g/mol. The summed E-state index contributed by atoms with van der Waals surface area (Å²) in [5, 5.41) is 18.0. The summed E-state index contributed by atoms with van der Waals surface area (Å²) in [4.78, 5) is 26.0. The van der Waals surface area contributed by atoms with Gasteiger partial charge in [-0.3, -0.25) is 10.1 Å². The second-order valence-electron chi connectivity index (χ2n) is 8.27. The van der Waals surface area contributed by atoms with Crippen LogP contribution >= 0.6 is 22.9 Å². The van der Waals surface area contributed by atoms with Gasteiger partial charge in [-0.05, 0) is 48.4 Å². The number of rotatable bonds is 7. The van der Waals surface area contributed by atoms with Crippen LogP contribution in [-0.4, -0.2) is 35.0 Å². The number of carbonyl (C=O) groups excluding carboxylic acids is 2. The van der Waals surface area contributed by atoms with E-state index in [1.165, 1.54) is 11.3 Å². The Hall–Kier alpha value is -4.15. The molecule has 0 saturated heterocycles. The lowest BCUT2D eigenvalue weighted by atomic mass is 10.1. The number of aryl methyl sites for hydroxylation is 1. The molecule has 1 aromatic heterocycles. The number of nitrogens with one attached hydrogen (secondary N) is 3. The van der Waals surface area contributed by atoms with Gasteiger partial charge in [0.25, 0.3) is 0 Å². The quantitative estimate of drug-likeness (QED) is 0.297. The van der Waals surface area contributed by atoms with Gasteiger partial charge in [0.1, 0.15) is 11.0 Å². The van der Waals surface area contributed by atoms with Crippen LogP contribution in [0.4, 0.5) is 15.6 Å². The summed E-state index contributed by atoms with van der Waals surface area (Å²) in [6.45, 7) is 2.05. The van der Waals surface area contributed by atoms with E-state index in [9.17, 15) is 9.59 Å². The summed E-state index contributed by atoms with van der Waals surface area (Å²) in [6, 6.07) is 18.7. The van der Waals surface area contributed by atoms with Gasteiger partial charge < -0.3 is 20.1 Å². The van der Waals surface area contributed by atoms with Gasteiger partial charge in [-0.25, -0.2) is 4.79 Å². The number of hydrogen-bond acceptors (Lipinski definition) is 7. The Labute approximate surface area is 221 Å². The Bertz CT molecular complexity index is 1450. The van der Waals surface area contributed by atoms with Crippen molar-refractivity contribution in [2.75, 3.05) is 17.4 Å². The third-order valence-electron chi connectivity index (χ3n) is 5.61. The van der Waals surface area contributed by atoms with E-state index in [4.69, 9.17) is 21.1 Å². The first kappa shape index (κ1) is 24.5. The molecule has 188 valence electrons. The number of benzene rings is 3. The molecule has 0 aliphatic carbocycles. The SMILES string of the molecule is Cc1ccc(NC(=O)NC(Cc2ccccc2)C(=O)Nc2nnc(-c3ccc4c(c3)OCO4)s2)cc1Cl. The molecule has 0 fully saturated rings. The third-order valence-corrected chi connectivity index (χ3v) is 6.90. The predicted octanol–water partition coefficient (Wildman–Crippen LogP) is 5.27. The zero-order valence-corrected chi connectivity index (χ0v) is 21.2. The number of carbonyl (C=O) groups is 2. The van der Waals surface area contributed by atoms with Crippen LogP contribution in [0.5, 0.6) is 11.5 Å². The Morgan fingerprint density at radius 3 is 2.62 bits per heavy atom. The molecule has 3 N–H and O–H groups in total. The Morgan fingerprint density at radius 2 is 1.81 bits per heavy atom. The van der Waals surface area contributed by atoms with Crippen molar-refractivity contribution in [3.05, 3.63) is 82.9 Å². The van der Waals surface area contributed by atoms with Crippen molar-refractivity contribution in [2.24, 2.45) is 0 Å². The van der Waals surface area contributed by atoms with Gasteiger partial charge in [0.05, 0.1) is 0 Å². The van der Waals surface area contributed by atoms with Crippen molar-refractivity contribution >= 4 is 45.7 Å². The van der Waals surface area contributed by atoms with E-state index in [1.54, 1.807) is 24.3 Å². The van der Waals surface area contributed by atoms with Crippen LogP contribution in [0.2, 0.25) is 5.02 Å². The number of halogens is 1. The highest BCUT2D eigenvalue weighted by molar-refractivity contribution is 7.18. The average Bonchev–Trinajstić information content (AvgIpc) is 3.55. The maximum absolute atomic E-state index is 13.2. The average molecular weight is 536 g/mol. The fourth-order valence-electron chi connectivity index (χ4n) is 3.67. The number of urea groups is 1. The van der Waals surface area contributed by atoms with E-state index in [2.05, 4.69) is 26.1 Å². The van der Waals surface area contributed by atoms with Gasteiger partial charge in [0.2, 0.25) is 17.8 Å². The smallest absolute Gasteiger partial charge is 0.319 e. The van der Waals surface area contributed by atoms with Crippen LogP contribution in [0.15, 0.2) is 66.7 Å². The summed E-state index contributed by atoms with van der Waals surface area (Å²) in [5.41, 5.74) is 3.09. The molecule has 1 aliphatic rings. The lowest BCUT2D eigenvalue weighted by molar-refractivity contribution is -0.117. The van der Waals surface area contributed by atoms with E-state index in [0.717, 1.165) is 16.7 Å². The van der Waals surface area contributed by atoms with Gasteiger partial charge >= 0.3 is 6.03 Å². The van der Waals surface area contributed by atoms with Crippen molar-refractivity contribution in [3.63, 3.8) is 0 Å². The highest BCUT2D eigenvalue weighted by Crippen LogP contribution is 2.37. The minimum atomic E-state index is -0.874. The molecule has 0 radical (unpaired) electrons. The first-order chi connectivity index (χ1) is 17.9. The summed E-state index contributed by atoms with van der Waals surface area (Å²) >= 11 is 7.38. The van der Waals surface area contributed by atoms with Gasteiger partial charge in [-0.2, -0.15) is 0 Å². The molecule has 1 unspecified atom stereocenters. The summed E-state index contributed by atoms with van der Waals surface area (Å²) < 4.78 is 10.8. The van der Waals surface area contributed by atoms with Crippen molar-refractivity contribution in [3.8, 4) is 22.1 Å². The maximum Gasteiger partial charge on any atom is 0.319 e. The van der Waals surface area contributed by atoms with E-state index < -0.39 is 18.0 Å². The summed E-state index contributed by atoms with van der Waals surface area (Å²) in [6.07, 6.45) is 0.280. The Morgan fingerprint density at radius 1 is 1.00 bits per heavy atom. The Kier molecular flexibility index (Phi) is 7.20. The standard InChI is InChI=1S/C26H22ClN5O4S/c1-15-7-9-18(13-19(15)27)28-25(34)29-20(11-16-5-3-2-4-6-16)23(33)30-26-32-31-24(37-26)17-8-10-21-22(12-17)36-14-35-21/h2-10,12-13,20H,11,14H2,1H3,(H2,28,29,34)(H,30,32,33). The summed E-state index contributed by atoms with van der Waals surface area (Å²) in [7, 11) is 0. The molecule has 0 saturated carbocycles. The molecular formula is C26H22ClN5O4S. The highest BCUT2D eigenvalue weighted by atomic mass is 35.5. The molecule has 9 nitrogen and oxygen atoms in total. The maximum atomic E-state index is 13.2. The normalized spacial score (nSPS) is 12.6. The van der Waals surface area contributed by atoms with E-state index in [1.807, 2.05) is 49.4 Å². The number of fused-ring (bicyclic) bond motifs is 1. The van der Waals surface area contributed by atoms with Crippen molar-refractivity contribution in [2.45, 2.75) is 19.4 Å². The number of anilines is 2. The topological polar surface area (TPSA) is 114 Å². The minimum absolute atomic E-state index is 0.177. The summed E-state index contributed by atoms with van der Waals surface area (Å²) in [5.74, 6) is 0.878. The number of aromatic nitrogens is 2. The number of nitrogens with zero attached hydrogens (tertiary/aromatic N) is 2. The van der Waals surface area contributed by atoms with Gasteiger partial charge in [-0.1, -0.05) is 59.3 Å². The first-order valence-corrected chi connectivity index (χ1v) is 12.6. The van der Waals surface area contributed by atoms with Crippen molar-refractivity contribution in [1.82, 2.24) is 15.5 Å². The van der Waals surface area contributed by atoms with E-state index >= 15 is 0 Å². The highest BCUT2D eigenvalue weighted by Gasteiger charge is 2.23. The largest absolute Gasteiger partial charge is 0.454 e. The molecule has 4 aromatic rings. The minimum Gasteiger partial charge on any atom is -0.454 e. The zero-order chi connectivity index (χ0) is 25.8. The number of hydrogen-bond donors (Lipinski definition) is 3. The molecule has 1 atom stereocenters. The molecule has 37 heavy (non-hydrogen) atoms. The van der Waals surface area contributed by atoms with Crippen LogP contribution in [0.25, 0.3) is 10.6 Å². The third kappa shape index (κ3) is 5.99. The predicted molar refractivity (Wildman–Crippen MR) is 142 cm³/mol. The molecule has 0 bridgehead atoms. The van der Waals surface area contributed by atoms with Crippen LogP contribution < -0.4 is 25.4 Å². The molecule has 2 heterocycles. The van der Waals surface area contributed by atoms with Gasteiger partial charge in [0, 0.05) is 22.7 Å². The van der Waals surface area contributed by atoms with Crippen LogP contribution in [0.3, 0.4) is 0 Å². The molecule has 0 spiro atoms. The lowest BCUT2D eigenvalue weighted by Gasteiger charge is -2.18. The molecule has 11 heteroatoms. The van der Waals surface area contributed by atoms with Crippen molar-refractivity contribution < 1.29 is 19.1 Å². The van der Waals surface area contributed by atoms with E-state index in [-0.39, 0.29) is 13.2 Å². The van der Waals surface area contributed by atoms with Gasteiger partial charge in [0.15, 0.2) is 11.5 Å². The second-order valence-corrected chi connectivity index (χ2v) is 9.66. The molecule has 3 aromatic carbocycles. The fraction of sp³-hybridized carbons (Fsp3) is 0.154. The van der Waals surface area contributed by atoms with Gasteiger partial charge in [-0.15, -0.1) is 10.2 Å². The molecule has 3 amide bonds. The zero-order valence-electron chi connectivity index (χ0n) is 19.7. The van der Waals surface area contributed by atoms with Crippen LogP contribution in [0, 0.1) is 6.92 Å². The first-order valence-electron chi connectivity index (χ1n) is 11.4. The van der Waals surface area contributed by atoms with Crippen molar-refractivity contribution in [1.29, 1.82) is 0 Å². The van der Waals surface area contributed by atoms with Crippen LogP contribution in [-0.2, 0) is 11.2 Å². The van der Waals surface area contributed by atoms with Crippen LogP contribution in [0.1, 0.15) is 11.1 Å². The fourth-order valence-corrected chi connectivity index (χ4v) is 4.59.